The minimum Gasteiger partial charge on any atom is -0.371 e. The van der Waals surface area contributed by atoms with E-state index in [1.165, 1.54) is 0 Å². The van der Waals surface area contributed by atoms with Crippen molar-refractivity contribution in [2.45, 2.75) is 25.9 Å². The number of rotatable bonds is 3. The van der Waals surface area contributed by atoms with Crippen LogP contribution in [0, 0.1) is 0 Å². The minimum absolute atomic E-state index is 0.276. The molecule has 1 aromatic heterocycles. The van der Waals surface area contributed by atoms with Gasteiger partial charge in [-0.15, -0.1) is 0 Å². The van der Waals surface area contributed by atoms with Crippen molar-refractivity contribution in [2.75, 3.05) is 6.61 Å². The van der Waals surface area contributed by atoms with Crippen molar-refractivity contribution in [3.8, 4) is 0 Å². The number of fused-ring (bicyclic) bond motifs is 1. The SMILES string of the molecule is CCOC1(C)C=c2c(C=O)c[nH]c2=CC1. The van der Waals surface area contributed by atoms with Crippen LogP contribution in [0.3, 0.4) is 0 Å². The fourth-order valence-electron chi connectivity index (χ4n) is 1.99. The topological polar surface area (TPSA) is 42.1 Å². The zero-order valence-electron chi connectivity index (χ0n) is 9.04. The third-order valence-corrected chi connectivity index (χ3v) is 2.75. The van der Waals surface area contributed by atoms with E-state index in [1.807, 2.05) is 19.9 Å². The summed E-state index contributed by atoms with van der Waals surface area (Å²) in [6.45, 7) is 4.70. The van der Waals surface area contributed by atoms with Crippen LogP contribution in [0.2, 0.25) is 0 Å². The van der Waals surface area contributed by atoms with Crippen LogP contribution in [0.1, 0.15) is 30.6 Å². The van der Waals surface area contributed by atoms with Crippen molar-refractivity contribution in [1.29, 1.82) is 0 Å². The van der Waals surface area contributed by atoms with E-state index in [0.29, 0.717) is 12.2 Å². The quantitative estimate of drug-likeness (QED) is 0.734. The highest BCUT2D eigenvalue weighted by Crippen LogP contribution is 2.19. The number of aromatic nitrogens is 1. The Hall–Kier alpha value is -1.35. The van der Waals surface area contributed by atoms with E-state index in [0.717, 1.165) is 23.3 Å². The lowest BCUT2D eigenvalue weighted by atomic mass is 9.96. The van der Waals surface area contributed by atoms with Crippen molar-refractivity contribution in [3.05, 3.63) is 22.3 Å². The molecule has 3 heteroatoms. The highest BCUT2D eigenvalue weighted by Gasteiger charge is 2.23. The summed E-state index contributed by atoms with van der Waals surface area (Å²) in [6.07, 6.45) is 7.57. The highest BCUT2D eigenvalue weighted by atomic mass is 16.5. The van der Waals surface area contributed by atoms with Gasteiger partial charge >= 0.3 is 0 Å². The maximum atomic E-state index is 10.8. The Kier molecular flexibility index (Phi) is 2.49. The molecule has 80 valence electrons. The molecule has 1 aliphatic rings. The molecule has 0 aliphatic heterocycles. The Balaban J connectivity index is 2.54. The Morgan fingerprint density at radius 2 is 2.47 bits per heavy atom. The fraction of sp³-hybridized carbons (Fsp3) is 0.417. The highest BCUT2D eigenvalue weighted by molar-refractivity contribution is 5.76. The zero-order valence-corrected chi connectivity index (χ0v) is 9.04. The molecule has 1 atom stereocenters. The predicted molar refractivity (Wildman–Crippen MR) is 59.0 cm³/mol. The molecule has 0 saturated carbocycles. The first-order valence-electron chi connectivity index (χ1n) is 5.18. The molecule has 0 radical (unpaired) electrons. The van der Waals surface area contributed by atoms with Gasteiger partial charge in [0.2, 0.25) is 0 Å². The number of carbonyl (C=O) groups is 1. The van der Waals surface area contributed by atoms with Crippen molar-refractivity contribution in [2.24, 2.45) is 0 Å². The summed E-state index contributed by atoms with van der Waals surface area (Å²) in [5.41, 5.74) is 0.425. The molecule has 3 nitrogen and oxygen atoms in total. The maximum absolute atomic E-state index is 10.8. The van der Waals surface area contributed by atoms with Crippen molar-refractivity contribution in [1.82, 2.24) is 4.98 Å². The van der Waals surface area contributed by atoms with Crippen LogP contribution < -0.4 is 10.6 Å². The van der Waals surface area contributed by atoms with Gasteiger partial charge in [0.05, 0.1) is 5.60 Å². The molecule has 0 spiro atoms. The van der Waals surface area contributed by atoms with Crippen LogP contribution in [0.5, 0.6) is 0 Å². The molecule has 1 aliphatic carbocycles. The molecule has 0 bridgehead atoms. The predicted octanol–water partition coefficient (Wildman–Crippen LogP) is 0.587. The summed E-state index contributed by atoms with van der Waals surface area (Å²) >= 11 is 0. The van der Waals surface area contributed by atoms with E-state index in [1.54, 1.807) is 6.20 Å². The van der Waals surface area contributed by atoms with E-state index >= 15 is 0 Å². The molecule has 0 fully saturated rings. The van der Waals surface area contributed by atoms with Crippen LogP contribution >= 0.6 is 0 Å². The molecular weight excluding hydrogens is 190 g/mol. The van der Waals surface area contributed by atoms with Gasteiger partial charge < -0.3 is 9.72 Å². The molecule has 15 heavy (non-hydrogen) atoms. The van der Waals surface area contributed by atoms with Gasteiger partial charge in [-0.2, -0.15) is 0 Å². The Morgan fingerprint density at radius 1 is 1.67 bits per heavy atom. The lowest BCUT2D eigenvalue weighted by molar-refractivity contribution is 0.0304. The zero-order chi connectivity index (χ0) is 10.9. The molecule has 1 aromatic rings. The number of hydrogen-bond acceptors (Lipinski definition) is 2. The fourth-order valence-corrected chi connectivity index (χ4v) is 1.99. The van der Waals surface area contributed by atoms with Crippen molar-refractivity contribution >= 4 is 18.4 Å². The molecule has 1 heterocycles. The largest absolute Gasteiger partial charge is 0.371 e. The summed E-state index contributed by atoms with van der Waals surface area (Å²) in [5.74, 6) is 0. The normalized spacial score (nSPS) is 23.9. The molecule has 1 N–H and O–H groups in total. The monoisotopic (exact) mass is 205 g/mol. The maximum Gasteiger partial charge on any atom is 0.152 e. The van der Waals surface area contributed by atoms with Gasteiger partial charge in [-0.1, -0.05) is 6.08 Å². The summed E-state index contributed by atoms with van der Waals surface area (Å²) in [4.78, 5) is 13.9. The van der Waals surface area contributed by atoms with Crippen molar-refractivity contribution < 1.29 is 9.53 Å². The number of nitrogens with one attached hydrogen (secondary N) is 1. The smallest absolute Gasteiger partial charge is 0.152 e. The first-order chi connectivity index (χ1) is 7.18. The third-order valence-electron chi connectivity index (χ3n) is 2.75. The van der Waals surface area contributed by atoms with E-state index < -0.39 is 0 Å². The Labute approximate surface area is 88.5 Å². The van der Waals surface area contributed by atoms with Gasteiger partial charge in [0.15, 0.2) is 6.29 Å². The minimum atomic E-state index is -0.276. The van der Waals surface area contributed by atoms with E-state index in [2.05, 4.69) is 11.1 Å². The standard InChI is InChI=1S/C12H15NO2/c1-3-15-12(2)5-4-11-10(6-12)9(8-14)7-13-11/h4,6-8,13H,3,5H2,1-2H3. The van der Waals surface area contributed by atoms with Gasteiger partial charge in [0.1, 0.15) is 0 Å². The van der Waals surface area contributed by atoms with Gasteiger partial charge in [-0.25, -0.2) is 0 Å². The van der Waals surface area contributed by atoms with Gasteiger partial charge in [0, 0.05) is 35.4 Å². The first kappa shape index (κ1) is 10.2. The van der Waals surface area contributed by atoms with Gasteiger partial charge in [0.25, 0.3) is 0 Å². The number of aldehydes is 1. The number of carbonyl (C=O) groups excluding carboxylic acids is 1. The van der Waals surface area contributed by atoms with Crippen LogP contribution in [0.25, 0.3) is 12.2 Å². The molecule has 0 aromatic carbocycles. The third kappa shape index (κ3) is 1.75. The Bertz CT molecular complexity index is 486. The van der Waals surface area contributed by atoms with Gasteiger partial charge in [-0.3, -0.25) is 4.79 Å². The van der Waals surface area contributed by atoms with E-state index in [9.17, 15) is 4.79 Å². The summed E-state index contributed by atoms with van der Waals surface area (Å²) in [7, 11) is 0. The molecule has 0 saturated heterocycles. The second-order valence-corrected chi connectivity index (χ2v) is 3.99. The first-order valence-corrected chi connectivity index (χ1v) is 5.18. The van der Waals surface area contributed by atoms with E-state index in [-0.39, 0.29) is 5.60 Å². The Morgan fingerprint density at radius 3 is 3.13 bits per heavy atom. The lowest BCUT2D eigenvalue weighted by Crippen LogP contribution is -2.38. The van der Waals surface area contributed by atoms with E-state index in [4.69, 9.17) is 4.74 Å². The second kappa shape index (κ2) is 3.66. The van der Waals surface area contributed by atoms with Gasteiger partial charge in [-0.05, 0) is 19.9 Å². The molecule has 0 amide bonds. The van der Waals surface area contributed by atoms with Crippen LogP contribution in [-0.4, -0.2) is 23.5 Å². The average molecular weight is 205 g/mol. The summed E-state index contributed by atoms with van der Waals surface area (Å²) in [5, 5.41) is 1.99. The van der Waals surface area contributed by atoms with Crippen LogP contribution in [0.4, 0.5) is 0 Å². The number of ether oxygens (including phenoxy) is 1. The average Bonchev–Trinajstić information content (AvgIpc) is 2.59. The number of aromatic amines is 1. The van der Waals surface area contributed by atoms with Crippen LogP contribution in [-0.2, 0) is 4.74 Å². The molecule has 2 rings (SSSR count). The molecule has 1 unspecified atom stereocenters. The number of hydrogen-bond donors (Lipinski definition) is 1. The lowest BCUT2D eigenvalue weighted by Gasteiger charge is -2.26. The van der Waals surface area contributed by atoms with Crippen LogP contribution in [0.15, 0.2) is 6.20 Å². The summed E-state index contributed by atoms with van der Waals surface area (Å²) in [6, 6.07) is 0. The van der Waals surface area contributed by atoms with Crippen molar-refractivity contribution in [3.63, 3.8) is 0 Å². The summed E-state index contributed by atoms with van der Waals surface area (Å²) < 4.78 is 5.68. The number of H-pyrrole nitrogens is 1. The second-order valence-electron chi connectivity index (χ2n) is 3.99. The molecular formula is C12H15NO2.